The summed E-state index contributed by atoms with van der Waals surface area (Å²) in [5.41, 5.74) is -2.00. The molecule has 2 rings (SSSR count). The van der Waals surface area contributed by atoms with Gasteiger partial charge in [-0.2, -0.15) is 26.3 Å². The highest BCUT2D eigenvalue weighted by Gasteiger charge is 2.37. The smallest absolute Gasteiger partial charge is 0.352 e. The van der Waals surface area contributed by atoms with E-state index in [9.17, 15) is 31.1 Å². The molecule has 2 aromatic carbocycles. The van der Waals surface area contributed by atoms with Crippen LogP contribution in [0.5, 0.6) is 0 Å². The Morgan fingerprint density at radius 2 is 1.45 bits per heavy atom. The zero-order valence-corrected chi connectivity index (χ0v) is 17.1. The van der Waals surface area contributed by atoms with E-state index in [1.165, 1.54) is 12.1 Å². The van der Waals surface area contributed by atoms with Crippen LogP contribution >= 0.6 is 0 Å². The molecule has 9 heteroatoms. The van der Waals surface area contributed by atoms with Gasteiger partial charge in [-0.15, -0.1) is 0 Å². The van der Waals surface area contributed by atoms with E-state index in [1.807, 2.05) is 14.0 Å². The molecule has 0 bridgehead atoms. The largest absolute Gasteiger partial charge is 0.416 e. The second-order valence-electron chi connectivity index (χ2n) is 7.35. The van der Waals surface area contributed by atoms with Gasteiger partial charge in [0.05, 0.1) is 11.1 Å². The lowest BCUT2D eigenvalue weighted by atomic mass is 9.98. The Balaban J connectivity index is 2.08. The second kappa shape index (κ2) is 10.2. The van der Waals surface area contributed by atoms with Gasteiger partial charge in [-0.25, -0.2) is 0 Å². The van der Waals surface area contributed by atoms with Gasteiger partial charge in [-0.1, -0.05) is 24.3 Å². The van der Waals surface area contributed by atoms with E-state index in [1.54, 1.807) is 12.1 Å². The summed E-state index contributed by atoms with van der Waals surface area (Å²) >= 11 is 0. The molecule has 2 N–H and O–H groups in total. The van der Waals surface area contributed by atoms with Crippen LogP contribution in [0.25, 0.3) is 11.1 Å². The summed E-state index contributed by atoms with van der Waals surface area (Å²) in [5.74, 6) is -0.125. The second-order valence-corrected chi connectivity index (χ2v) is 7.35. The number of halogens is 6. The Morgan fingerprint density at radius 3 is 1.94 bits per heavy atom. The molecule has 0 aliphatic heterocycles. The lowest BCUT2D eigenvalue weighted by Crippen LogP contribution is -2.24. The lowest BCUT2D eigenvalue weighted by Gasteiger charge is -2.14. The zero-order valence-electron chi connectivity index (χ0n) is 17.1. The van der Waals surface area contributed by atoms with Crippen LogP contribution in [0.15, 0.2) is 42.5 Å². The van der Waals surface area contributed by atoms with Crippen molar-refractivity contribution in [2.45, 2.75) is 51.1 Å². The van der Waals surface area contributed by atoms with E-state index < -0.39 is 23.5 Å². The zero-order chi connectivity index (χ0) is 23.2. The van der Waals surface area contributed by atoms with Crippen LogP contribution in [0.3, 0.4) is 0 Å². The van der Waals surface area contributed by atoms with Gasteiger partial charge in [0.2, 0.25) is 5.91 Å². The van der Waals surface area contributed by atoms with Crippen molar-refractivity contribution in [3.8, 4) is 11.1 Å². The molecule has 1 unspecified atom stereocenters. The van der Waals surface area contributed by atoms with Crippen LogP contribution < -0.4 is 10.6 Å². The molecule has 0 radical (unpaired) electrons. The maximum atomic E-state index is 13.0. The summed E-state index contributed by atoms with van der Waals surface area (Å²) in [5, 5.41) is 5.83. The van der Waals surface area contributed by atoms with E-state index in [-0.39, 0.29) is 29.6 Å². The third kappa shape index (κ3) is 7.57. The normalized spacial score (nSPS) is 13.2. The number of amides is 1. The number of rotatable bonds is 8. The fourth-order valence-electron chi connectivity index (χ4n) is 2.94. The van der Waals surface area contributed by atoms with Crippen LogP contribution in [0.1, 0.15) is 42.9 Å². The van der Waals surface area contributed by atoms with E-state index in [4.69, 9.17) is 0 Å². The fourth-order valence-corrected chi connectivity index (χ4v) is 2.94. The van der Waals surface area contributed by atoms with Crippen molar-refractivity contribution in [1.82, 2.24) is 10.6 Å². The number of benzene rings is 2. The van der Waals surface area contributed by atoms with Crippen molar-refractivity contribution in [2.24, 2.45) is 0 Å². The van der Waals surface area contributed by atoms with Crippen molar-refractivity contribution in [1.29, 1.82) is 0 Å². The first-order chi connectivity index (χ1) is 14.4. The molecule has 170 valence electrons. The first kappa shape index (κ1) is 24.7. The van der Waals surface area contributed by atoms with Gasteiger partial charge in [0.1, 0.15) is 0 Å². The van der Waals surface area contributed by atoms with Crippen molar-refractivity contribution >= 4 is 5.91 Å². The van der Waals surface area contributed by atoms with Gasteiger partial charge in [-0.05, 0) is 61.7 Å². The standard InChI is InChI=1S/C22H24F6N2O/c1-14(29-2)4-3-5-20(31)30-13-15-6-8-16(9-7-15)17-10-18(21(23,24)25)12-19(11-17)22(26,27)28/h6-12,14,29H,3-5,13H2,1-2H3,(H,30,31). The fraction of sp³-hybridized carbons (Fsp3) is 0.409. The molecule has 2 aromatic rings. The van der Waals surface area contributed by atoms with E-state index >= 15 is 0 Å². The van der Waals surface area contributed by atoms with Gasteiger partial charge in [0.15, 0.2) is 0 Å². The quantitative estimate of drug-likeness (QED) is 0.505. The summed E-state index contributed by atoms with van der Waals surface area (Å²) < 4.78 is 78.2. The molecular weight excluding hydrogens is 422 g/mol. The van der Waals surface area contributed by atoms with Crippen LogP contribution in [-0.2, 0) is 23.7 Å². The van der Waals surface area contributed by atoms with Gasteiger partial charge in [0.25, 0.3) is 0 Å². The van der Waals surface area contributed by atoms with Crippen LogP contribution in [0.4, 0.5) is 26.3 Å². The third-order valence-corrected chi connectivity index (χ3v) is 4.90. The Hall–Kier alpha value is -2.55. The predicted molar refractivity (Wildman–Crippen MR) is 106 cm³/mol. The Morgan fingerprint density at radius 1 is 0.903 bits per heavy atom. The highest BCUT2D eigenvalue weighted by Crippen LogP contribution is 2.38. The number of carbonyl (C=O) groups excluding carboxylic acids is 1. The highest BCUT2D eigenvalue weighted by atomic mass is 19.4. The van der Waals surface area contributed by atoms with E-state index in [0.717, 1.165) is 12.8 Å². The van der Waals surface area contributed by atoms with Gasteiger partial charge < -0.3 is 10.6 Å². The van der Waals surface area contributed by atoms with Gasteiger partial charge in [-0.3, -0.25) is 4.79 Å². The van der Waals surface area contributed by atoms with Crippen LogP contribution in [0, 0.1) is 0 Å². The Kier molecular flexibility index (Phi) is 8.11. The number of nitrogens with one attached hydrogen (secondary N) is 2. The third-order valence-electron chi connectivity index (χ3n) is 4.90. The topological polar surface area (TPSA) is 41.1 Å². The van der Waals surface area contributed by atoms with Gasteiger partial charge >= 0.3 is 12.4 Å². The number of hydrogen-bond donors (Lipinski definition) is 2. The Bertz CT molecular complexity index is 843. The number of carbonyl (C=O) groups is 1. The Labute approximate surface area is 176 Å². The molecule has 31 heavy (non-hydrogen) atoms. The first-order valence-electron chi connectivity index (χ1n) is 9.73. The molecule has 0 aliphatic rings. The minimum absolute atomic E-state index is 0.102. The monoisotopic (exact) mass is 446 g/mol. The molecule has 1 amide bonds. The van der Waals surface area contributed by atoms with Gasteiger partial charge in [0, 0.05) is 19.0 Å². The minimum atomic E-state index is -4.90. The summed E-state index contributed by atoms with van der Waals surface area (Å²) in [6.07, 6.45) is -7.84. The molecule has 0 aromatic heterocycles. The van der Waals surface area contributed by atoms with E-state index in [2.05, 4.69) is 10.6 Å². The molecule has 3 nitrogen and oxygen atoms in total. The average molecular weight is 446 g/mol. The predicted octanol–water partition coefficient (Wildman–Crippen LogP) is 5.79. The van der Waals surface area contributed by atoms with Crippen LogP contribution in [-0.4, -0.2) is 19.0 Å². The summed E-state index contributed by atoms with van der Waals surface area (Å²) in [6, 6.07) is 7.80. The molecule has 0 heterocycles. The number of hydrogen-bond acceptors (Lipinski definition) is 2. The molecule has 1 atom stereocenters. The van der Waals surface area contributed by atoms with E-state index in [0.29, 0.717) is 30.2 Å². The first-order valence-corrected chi connectivity index (χ1v) is 9.73. The molecule has 0 saturated carbocycles. The maximum absolute atomic E-state index is 13.0. The van der Waals surface area contributed by atoms with Crippen LogP contribution in [0.2, 0.25) is 0 Å². The summed E-state index contributed by atoms with van der Waals surface area (Å²) in [7, 11) is 1.84. The highest BCUT2D eigenvalue weighted by molar-refractivity contribution is 5.75. The lowest BCUT2D eigenvalue weighted by molar-refractivity contribution is -0.143. The van der Waals surface area contributed by atoms with Crippen molar-refractivity contribution in [2.75, 3.05) is 7.05 Å². The molecule has 0 aliphatic carbocycles. The summed E-state index contributed by atoms with van der Waals surface area (Å²) in [4.78, 5) is 11.9. The molecule has 0 spiro atoms. The average Bonchev–Trinajstić information content (AvgIpc) is 2.71. The van der Waals surface area contributed by atoms with Crippen molar-refractivity contribution in [3.63, 3.8) is 0 Å². The van der Waals surface area contributed by atoms with Crippen molar-refractivity contribution < 1.29 is 31.1 Å². The number of alkyl halides is 6. The van der Waals surface area contributed by atoms with Crippen molar-refractivity contribution in [3.05, 3.63) is 59.2 Å². The maximum Gasteiger partial charge on any atom is 0.416 e. The molecule has 0 saturated heterocycles. The molecular formula is C22H24F6N2O. The minimum Gasteiger partial charge on any atom is -0.352 e. The summed E-state index contributed by atoms with van der Waals surface area (Å²) in [6.45, 7) is 2.23. The molecule has 0 fully saturated rings. The SMILES string of the molecule is CNC(C)CCCC(=O)NCc1ccc(-c2cc(C(F)(F)F)cc(C(F)(F)F)c2)cc1.